The highest BCUT2D eigenvalue weighted by molar-refractivity contribution is 5.84. The van der Waals surface area contributed by atoms with Gasteiger partial charge in [0.1, 0.15) is 12.4 Å². The summed E-state index contributed by atoms with van der Waals surface area (Å²) in [6, 6.07) is 18.6. The minimum absolute atomic E-state index is 0.123. The van der Waals surface area contributed by atoms with Gasteiger partial charge in [-0.25, -0.2) is 4.39 Å². The largest absolute Gasteiger partial charge is 0.489 e. The van der Waals surface area contributed by atoms with Crippen LogP contribution in [0, 0.1) is 5.41 Å². The van der Waals surface area contributed by atoms with Gasteiger partial charge in [-0.05, 0) is 80.0 Å². The second kappa shape index (κ2) is 10.3. The summed E-state index contributed by atoms with van der Waals surface area (Å²) in [5.74, 6) is 0.938. The van der Waals surface area contributed by atoms with E-state index in [4.69, 9.17) is 15.2 Å². The molecular formula is C30H37FN2O3. The monoisotopic (exact) mass is 492 g/mol. The molecule has 1 heterocycles. The number of nitrogens with two attached hydrogens (primary N) is 1. The lowest BCUT2D eigenvalue weighted by atomic mass is 9.51. The molecular weight excluding hydrogens is 455 g/mol. The molecule has 4 fully saturated rings. The molecule has 6 rings (SSSR count). The van der Waals surface area contributed by atoms with Crippen LogP contribution in [-0.2, 0) is 20.5 Å². The van der Waals surface area contributed by atoms with Crippen molar-refractivity contribution in [3.05, 3.63) is 77.6 Å². The van der Waals surface area contributed by atoms with Gasteiger partial charge in [0.05, 0.1) is 11.9 Å². The fourth-order valence-electron chi connectivity index (χ4n) is 6.49. The molecule has 36 heavy (non-hydrogen) atoms. The standard InChI is InChI=1S/C30H37FN2O3/c31-20-23(21-32)22-36-26-8-6-24(7-9-26)28-10-13-29(14-11-28,15-12-28)27(34)33-30(16-18-35-19-17-30)25-4-2-1-3-5-25/h1-9,20H,10-19,21-22,32H2,(H,33,34). The lowest BCUT2D eigenvalue weighted by molar-refractivity contribution is -0.141. The first-order valence-electron chi connectivity index (χ1n) is 13.2. The van der Waals surface area contributed by atoms with Crippen LogP contribution >= 0.6 is 0 Å². The minimum Gasteiger partial charge on any atom is -0.489 e. The van der Waals surface area contributed by atoms with E-state index in [-0.39, 0.29) is 35.4 Å². The number of amides is 1. The molecule has 1 amide bonds. The summed E-state index contributed by atoms with van der Waals surface area (Å²) < 4.78 is 24.1. The number of rotatable bonds is 8. The van der Waals surface area contributed by atoms with Gasteiger partial charge in [0, 0.05) is 30.7 Å². The highest BCUT2D eigenvalue weighted by atomic mass is 19.1. The van der Waals surface area contributed by atoms with Gasteiger partial charge in [0.25, 0.3) is 0 Å². The predicted molar refractivity (Wildman–Crippen MR) is 138 cm³/mol. The molecule has 0 unspecified atom stereocenters. The highest BCUT2D eigenvalue weighted by Crippen LogP contribution is 2.58. The van der Waals surface area contributed by atoms with E-state index in [0.29, 0.717) is 30.9 Å². The van der Waals surface area contributed by atoms with Crippen LogP contribution in [0.5, 0.6) is 5.75 Å². The number of hydrogen-bond acceptors (Lipinski definition) is 4. The second-order valence-corrected chi connectivity index (χ2v) is 10.9. The maximum atomic E-state index is 13.9. The summed E-state index contributed by atoms with van der Waals surface area (Å²) in [6.45, 7) is 1.64. The second-order valence-electron chi connectivity index (χ2n) is 10.9. The van der Waals surface area contributed by atoms with Crippen molar-refractivity contribution in [1.29, 1.82) is 0 Å². The van der Waals surface area contributed by atoms with Gasteiger partial charge in [-0.3, -0.25) is 4.79 Å². The Morgan fingerprint density at radius 1 is 0.917 bits per heavy atom. The molecule has 0 aromatic heterocycles. The topological polar surface area (TPSA) is 73.6 Å². The molecule has 0 atom stereocenters. The van der Waals surface area contributed by atoms with Crippen molar-refractivity contribution in [3.8, 4) is 5.75 Å². The predicted octanol–water partition coefficient (Wildman–Crippen LogP) is 5.29. The maximum Gasteiger partial charge on any atom is 0.226 e. The Morgan fingerprint density at radius 3 is 2.14 bits per heavy atom. The van der Waals surface area contributed by atoms with Gasteiger partial charge in [-0.15, -0.1) is 0 Å². The average molecular weight is 493 g/mol. The third-order valence-electron chi connectivity index (χ3n) is 9.06. The average Bonchev–Trinajstić information content (AvgIpc) is 2.96. The van der Waals surface area contributed by atoms with Gasteiger partial charge >= 0.3 is 0 Å². The van der Waals surface area contributed by atoms with Crippen LogP contribution in [0.15, 0.2) is 66.5 Å². The van der Waals surface area contributed by atoms with Crippen molar-refractivity contribution in [3.63, 3.8) is 0 Å². The number of hydrogen-bond donors (Lipinski definition) is 2. The molecule has 6 heteroatoms. The Labute approximate surface area is 213 Å². The summed E-state index contributed by atoms with van der Waals surface area (Å²) >= 11 is 0. The van der Waals surface area contributed by atoms with Crippen LogP contribution in [0.2, 0.25) is 0 Å². The number of halogens is 1. The quantitative estimate of drug-likeness (QED) is 0.525. The first kappa shape index (κ1) is 25.0. The normalized spacial score (nSPS) is 27.4. The van der Waals surface area contributed by atoms with Gasteiger partial charge in [-0.2, -0.15) is 0 Å². The van der Waals surface area contributed by atoms with E-state index in [0.717, 1.165) is 51.4 Å². The van der Waals surface area contributed by atoms with Crippen LogP contribution in [-0.4, -0.2) is 32.3 Å². The highest BCUT2D eigenvalue weighted by Gasteiger charge is 2.54. The van der Waals surface area contributed by atoms with Crippen LogP contribution in [0.25, 0.3) is 0 Å². The van der Waals surface area contributed by atoms with Gasteiger partial charge in [0.15, 0.2) is 0 Å². The first-order chi connectivity index (χ1) is 17.5. The van der Waals surface area contributed by atoms with Gasteiger partial charge < -0.3 is 20.5 Å². The van der Waals surface area contributed by atoms with E-state index in [9.17, 15) is 9.18 Å². The Balaban J connectivity index is 1.26. The van der Waals surface area contributed by atoms with Crippen molar-refractivity contribution in [2.45, 2.75) is 62.3 Å². The van der Waals surface area contributed by atoms with Gasteiger partial charge in [-0.1, -0.05) is 42.5 Å². The number of carbonyl (C=O) groups excluding carboxylic acids is 1. The van der Waals surface area contributed by atoms with E-state index in [1.807, 2.05) is 18.2 Å². The molecule has 0 radical (unpaired) electrons. The fraction of sp³-hybridized carbons (Fsp3) is 0.500. The van der Waals surface area contributed by atoms with Crippen molar-refractivity contribution >= 4 is 5.91 Å². The summed E-state index contributed by atoms with van der Waals surface area (Å²) in [7, 11) is 0. The Hall–Kier alpha value is -2.70. The summed E-state index contributed by atoms with van der Waals surface area (Å²) in [5.41, 5.74) is 7.94. The SMILES string of the molecule is NCC(=CF)COc1ccc(C23CCC(C(=O)NC4(c5ccccc5)CCOCC4)(CC2)CC3)cc1. The van der Waals surface area contributed by atoms with Crippen molar-refractivity contribution in [1.82, 2.24) is 5.32 Å². The fourth-order valence-corrected chi connectivity index (χ4v) is 6.49. The maximum absolute atomic E-state index is 13.9. The number of ether oxygens (including phenoxy) is 2. The Morgan fingerprint density at radius 2 is 1.56 bits per heavy atom. The number of nitrogens with one attached hydrogen (secondary N) is 1. The summed E-state index contributed by atoms with van der Waals surface area (Å²) in [6.07, 6.45) is 7.94. The lowest BCUT2D eigenvalue weighted by Gasteiger charge is -2.54. The van der Waals surface area contributed by atoms with E-state index >= 15 is 0 Å². The molecule has 4 aliphatic rings. The van der Waals surface area contributed by atoms with Crippen molar-refractivity contribution in [2.24, 2.45) is 11.1 Å². The summed E-state index contributed by atoms with van der Waals surface area (Å²) in [4.78, 5) is 13.9. The van der Waals surface area contributed by atoms with Crippen LogP contribution < -0.4 is 15.8 Å². The van der Waals surface area contributed by atoms with E-state index in [1.165, 1.54) is 11.1 Å². The van der Waals surface area contributed by atoms with E-state index in [1.54, 1.807) is 0 Å². The number of carbonyl (C=O) groups is 1. The third kappa shape index (κ3) is 4.69. The molecule has 3 N–H and O–H groups in total. The molecule has 3 saturated carbocycles. The zero-order chi connectivity index (χ0) is 25.1. The number of benzene rings is 2. The van der Waals surface area contributed by atoms with Crippen LogP contribution in [0.3, 0.4) is 0 Å². The summed E-state index contributed by atoms with van der Waals surface area (Å²) in [5, 5.41) is 3.55. The Kier molecular flexibility index (Phi) is 7.18. The van der Waals surface area contributed by atoms with Crippen LogP contribution in [0.4, 0.5) is 4.39 Å². The molecule has 5 nitrogen and oxygen atoms in total. The molecule has 2 aromatic carbocycles. The minimum atomic E-state index is -0.339. The smallest absolute Gasteiger partial charge is 0.226 e. The zero-order valence-electron chi connectivity index (χ0n) is 20.9. The van der Waals surface area contributed by atoms with Crippen LogP contribution in [0.1, 0.15) is 62.5 Å². The molecule has 3 aliphatic carbocycles. The molecule has 1 aliphatic heterocycles. The van der Waals surface area contributed by atoms with E-state index < -0.39 is 0 Å². The molecule has 0 spiro atoms. The molecule has 192 valence electrons. The first-order valence-corrected chi connectivity index (χ1v) is 13.2. The lowest BCUT2D eigenvalue weighted by Crippen LogP contribution is -2.57. The third-order valence-corrected chi connectivity index (χ3v) is 9.06. The molecule has 2 bridgehead atoms. The molecule has 2 aromatic rings. The zero-order valence-corrected chi connectivity index (χ0v) is 20.9. The Bertz CT molecular complexity index is 1050. The number of fused-ring (bicyclic) bond motifs is 3. The molecule has 1 saturated heterocycles. The van der Waals surface area contributed by atoms with Crippen molar-refractivity contribution in [2.75, 3.05) is 26.4 Å². The van der Waals surface area contributed by atoms with Crippen molar-refractivity contribution < 1.29 is 18.7 Å². The van der Waals surface area contributed by atoms with E-state index in [2.05, 4.69) is 41.7 Å². The van der Waals surface area contributed by atoms with Gasteiger partial charge in [0.2, 0.25) is 5.91 Å².